The lowest BCUT2D eigenvalue weighted by Crippen LogP contribution is -2.50. The normalized spacial score (nSPS) is 23.5. The summed E-state index contributed by atoms with van der Waals surface area (Å²) in [5, 5.41) is 6.21. The first-order valence-corrected chi connectivity index (χ1v) is 11.1. The second-order valence-corrected chi connectivity index (χ2v) is 8.70. The molecule has 0 aliphatic carbocycles. The highest BCUT2D eigenvalue weighted by Gasteiger charge is 2.30. The zero-order chi connectivity index (χ0) is 21.4. The van der Waals surface area contributed by atoms with E-state index in [0.717, 1.165) is 68.4 Å². The van der Waals surface area contributed by atoms with Gasteiger partial charge in [0.15, 0.2) is 0 Å². The molecular formula is C24H29FN4O2. The Morgan fingerprint density at radius 1 is 1.19 bits per heavy atom. The molecule has 3 aliphatic heterocycles. The molecule has 2 aromatic rings. The number of halogens is 1. The standard InChI is InChI=1S/C24H29FN4O2/c1-16-5-6-21(25)20-14-22(27-23(16)20)24(30)26-17-3-2-4-18(13-17)28-8-10-29(11-9-28)19-7-12-31-15-19/h2-6,13,19,22,27H,7-12,14-15H2,1H3,(H,26,30). The van der Waals surface area contributed by atoms with E-state index in [9.17, 15) is 9.18 Å². The molecule has 7 heteroatoms. The zero-order valence-corrected chi connectivity index (χ0v) is 17.9. The van der Waals surface area contributed by atoms with Crippen molar-refractivity contribution in [1.82, 2.24) is 4.90 Å². The van der Waals surface area contributed by atoms with E-state index < -0.39 is 6.04 Å². The number of ether oxygens (including phenoxy) is 1. The number of carbonyl (C=O) groups is 1. The molecule has 6 nitrogen and oxygen atoms in total. The largest absolute Gasteiger partial charge is 0.380 e. The van der Waals surface area contributed by atoms with Crippen LogP contribution in [0.3, 0.4) is 0 Å². The smallest absolute Gasteiger partial charge is 0.247 e. The first-order valence-electron chi connectivity index (χ1n) is 11.1. The average molecular weight is 425 g/mol. The van der Waals surface area contributed by atoms with Gasteiger partial charge in [0.25, 0.3) is 0 Å². The van der Waals surface area contributed by atoms with Crippen molar-refractivity contribution in [3.8, 4) is 0 Å². The quantitative estimate of drug-likeness (QED) is 0.790. The Balaban J connectivity index is 1.21. The Hall–Kier alpha value is -2.64. The lowest BCUT2D eigenvalue weighted by molar-refractivity contribution is -0.116. The molecule has 0 aromatic heterocycles. The molecule has 3 aliphatic rings. The first kappa shape index (κ1) is 20.3. The van der Waals surface area contributed by atoms with Crippen LogP contribution in [0.2, 0.25) is 0 Å². The van der Waals surface area contributed by atoms with E-state index in [-0.39, 0.29) is 11.7 Å². The number of amides is 1. The molecule has 2 aromatic carbocycles. The molecule has 164 valence electrons. The summed E-state index contributed by atoms with van der Waals surface area (Å²) in [6, 6.07) is 11.3. The van der Waals surface area contributed by atoms with Crippen molar-refractivity contribution in [2.75, 3.05) is 54.9 Å². The molecule has 2 atom stereocenters. The van der Waals surface area contributed by atoms with Crippen LogP contribution in [-0.4, -0.2) is 62.3 Å². The fraction of sp³-hybridized carbons (Fsp3) is 0.458. The minimum absolute atomic E-state index is 0.141. The van der Waals surface area contributed by atoms with Gasteiger partial charge in [-0.1, -0.05) is 12.1 Å². The zero-order valence-electron chi connectivity index (χ0n) is 17.9. The molecule has 5 rings (SSSR count). The summed E-state index contributed by atoms with van der Waals surface area (Å²) in [7, 11) is 0. The highest BCUT2D eigenvalue weighted by Crippen LogP contribution is 2.32. The summed E-state index contributed by atoms with van der Waals surface area (Å²) in [6.45, 7) is 7.63. The molecule has 3 heterocycles. The molecule has 1 amide bonds. The molecule has 2 N–H and O–H groups in total. The molecule has 31 heavy (non-hydrogen) atoms. The summed E-state index contributed by atoms with van der Waals surface area (Å²) >= 11 is 0. The summed E-state index contributed by atoms with van der Waals surface area (Å²) in [5.74, 6) is -0.396. The van der Waals surface area contributed by atoms with Crippen molar-refractivity contribution in [2.24, 2.45) is 0 Å². The van der Waals surface area contributed by atoms with Crippen molar-refractivity contribution in [3.05, 3.63) is 53.3 Å². The minimum Gasteiger partial charge on any atom is -0.380 e. The predicted octanol–water partition coefficient (Wildman–Crippen LogP) is 3.02. The second kappa shape index (κ2) is 8.48. The van der Waals surface area contributed by atoms with E-state index in [2.05, 4.69) is 26.5 Å². The van der Waals surface area contributed by atoms with Gasteiger partial charge in [0.2, 0.25) is 5.91 Å². The Bertz CT molecular complexity index is 937. The van der Waals surface area contributed by atoms with Gasteiger partial charge in [0, 0.05) is 67.9 Å². The number of rotatable bonds is 4. The second-order valence-electron chi connectivity index (χ2n) is 8.70. The van der Waals surface area contributed by atoms with Gasteiger partial charge in [-0.3, -0.25) is 9.69 Å². The van der Waals surface area contributed by atoms with Gasteiger partial charge in [-0.15, -0.1) is 0 Å². The number of hydrogen-bond donors (Lipinski definition) is 2. The first-order chi connectivity index (χ1) is 15.1. The number of anilines is 3. The molecule has 2 fully saturated rings. The Morgan fingerprint density at radius 3 is 2.77 bits per heavy atom. The Kier molecular flexibility index (Phi) is 5.54. The van der Waals surface area contributed by atoms with Crippen LogP contribution >= 0.6 is 0 Å². The molecule has 0 bridgehead atoms. The van der Waals surface area contributed by atoms with Crippen molar-refractivity contribution < 1.29 is 13.9 Å². The van der Waals surface area contributed by atoms with Crippen LogP contribution in [0.15, 0.2) is 36.4 Å². The highest BCUT2D eigenvalue weighted by atomic mass is 19.1. The fourth-order valence-electron chi connectivity index (χ4n) is 4.89. The Labute approximate surface area is 182 Å². The van der Waals surface area contributed by atoms with Gasteiger partial charge in [-0.2, -0.15) is 0 Å². The van der Waals surface area contributed by atoms with Gasteiger partial charge >= 0.3 is 0 Å². The van der Waals surface area contributed by atoms with Crippen molar-refractivity contribution >= 4 is 23.0 Å². The average Bonchev–Trinajstić information content (AvgIpc) is 3.48. The number of hydrogen-bond acceptors (Lipinski definition) is 5. The maximum Gasteiger partial charge on any atom is 0.247 e. The van der Waals surface area contributed by atoms with E-state index in [4.69, 9.17) is 4.74 Å². The topological polar surface area (TPSA) is 56.8 Å². The number of carbonyl (C=O) groups excluding carboxylic acids is 1. The number of piperazine rings is 1. The lowest BCUT2D eigenvalue weighted by atomic mass is 10.1. The van der Waals surface area contributed by atoms with Crippen LogP contribution in [0.5, 0.6) is 0 Å². The highest BCUT2D eigenvalue weighted by molar-refractivity contribution is 5.98. The molecule has 0 radical (unpaired) electrons. The summed E-state index contributed by atoms with van der Waals surface area (Å²) in [4.78, 5) is 17.7. The molecule has 2 unspecified atom stereocenters. The summed E-state index contributed by atoms with van der Waals surface area (Å²) in [5.41, 5.74) is 4.18. The monoisotopic (exact) mass is 424 g/mol. The van der Waals surface area contributed by atoms with Crippen LogP contribution in [-0.2, 0) is 16.0 Å². The lowest BCUT2D eigenvalue weighted by Gasteiger charge is -2.38. The SMILES string of the molecule is Cc1ccc(F)c2c1NC(C(=O)Nc1cccc(N3CCN(C4CCOC4)CC3)c1)C2. The number of nitrogens with one attached hydrogen (secondary N) is 2. The molecule has 2 saturated heterocycles. The molecule has 0 spiro atoms. The van der Waals surface area contributed by atoms with Crippen LogP contribution in [0.1, 0.15) is 17.5 Å². The summed E-state index contributed by atoms with van der Waals surface area (Å²) < 4.78 is 19.7. The molecule has 0 saturated carbocycles. The number of nitrogens with zero attached hydrogens (tertiary/aromatic N) is 2. The van der Waals surface area contributed by atoms with Crippen LogP contribution in [0.25, 0.3) is 0 Å². The van der Waals surface area contributed by atoms with E-state index in [1.54, 1.807) is 6.07 Å². The van der Waals surface area contributed by atoms with Gasteiger partial charge < -0.3 is 20.3 Å². The number of aryl methyl sites for hydroxylation is 1. The third-order valence-electron chi connectivity index (χ3n) is 6.72. The maximum atomic E-state index is 14.1. The van der Waals surface area contributed by atoms with Gasteiger partial charge in [-0.25, -0.2) is 4.39 Å². The Morgan fingerprint density at radius 2 is 2.03 bits per heavy atom. The summed E-state index contributed by atoms with van der Waals surface area (Å²) in [6.07, 6.45) is 1.49. The van der Waals surface area contributed by atoms with Gasteiger partial charge in [0.1, 0.15) is 11.9 Å². The third kappa shape index (κ3) is 4.12. The van der Waals surface area contributed by atoms with Crippen molar-refractivity contribution in [2.45, 2.75) is 31.8 Å². The molecular weight excluding hydrogens is 395 g/mol. The minimum atomic E-state index is -0.466. The van der Waals surface area contributed by atoms with E-state index >= 15 is 0 Å². The van der Waals surface area contributed by atoms with Crippen molar-refractivity contribution in [1.29, 1.82) is 0 Å². The predicted molar refractivity (Wildman–Crippen MR) is 120 cm³/mol. The van der Waals surface area contributed by atoms with E-state index in [0.29, 0.717) is 18.0 Å². The van der Waals surface area contributed by atoms with Gasteiger partial charge in [-0.05, 0) is 43.2 Å². The number of benzene rings is 2. The van der Waals surface area contributed by atoms with Crippen LogP contribution in [0.4, 0.5) is 21.5 Å². The van der Waals surface area contributed by atoms with Gasteiger partial charge in [0.05, 0.1) is 6.61 Å². The third-order valence-corrected chi connectivity index (χ3v) is 6.72. The fourth-order valence-corrected chi connectivity index (χ4v) is 4.89. The van der Waals surface area contributed by atoms with Crippen LogP contribution in [0, 0.1) is 12.7 Å². The number of fused-ring (bicyclic) bond motifs is 1. The van der Waals surface area contributed by atoms with E-state index in [1.807, 2.05) is 25.1 Å². The van der Waals surface area contributed by atoms with E-state index in [1.165, 1.54) is 6.07 Å². The maximum absolute atomic E-state index is 14.1. The van der Waals surface area contributed by atoms with Crippen LogP contribution < -0.4 is 15.5 Å². The van der Waals surface area contributed by atoms with Crippen molar-refractivity contribution in [3.63, 3.8) is 0 Å².